The molecular weight excluding hydrogens is 156 g/mol. The molecule has 1 aliphatic rings. The van der Waals surface area contributed by atoms with Crippen LogP contribution in [-0.4, -0.2) is 11.1 Å². The van der Waals surface area contributed by atoms with Crippen LogP contribution in [0.25, 0.3) is 0 Å². The molecule has 0 radical (unpaired) electrons. The molecule has 1 fully saturated rings. The Balaban J connectivity index is 2.73. The summed E-state index contributed by atoms with van der Waals surface area (Å²) in [4.78, 5) is 10.7. The molecule has 5 N–H and O–H groups in total. The van der Waals surface area contributed by atoms with Crippen molar-refractivity contribution in [2.45, 2.75) is 13.8 Å². The van der Waals surface area contributed by atoms with Gasteiger partial charge in [0.2, 0.25) is 0 Å². The van der Waals surface area contributed by atoms with Gasteiger partial charge in [-0.15, -0.1) is 0 Å². The van der Waals surface area contributed by atoms with Gasteiger partial charge in [0.15, 0.2) is 0 Å². The van der Waals surface area contributed by atoms with E-state index in [1.807, 2.05) is 13.8 Å². The number of carbonyl (C=O) groups is 1. The van der Waals surface area contributed by atoms with Gasteiger partial charge in [-0.3, -0.25) is 4.79 Å². The van der Waals surface area contributed by atoms with Crippen molar-refractivity contribution in [3.8, 4) is 0 Å². The third kappa shape index (κ3) is 1.24. The van der Waals surface area contributed by atoms with Crippen LogP contribution in [0.15, 0.2) is 11.9 Å². The van der Waals surface area contributed by atoms with E-state index >= 15 is 0 Å². The molecule has 0 aromatic rings. The molecule has 1 aliphatic carbocycles. The minimum Gasteiger partial charge on any atom is -0.481 e. The predicted molar refractivity (Wildman–Crippen MR) is 44.9 cm³/mol. The summed E-state index contributed by atoms with van der Waals surface area (Å²) in [6, 6.07) is 0. The van der Waals surface area contributed by atoms with Gasteiger partial charge in [0, 0.05) is 5.92 Å². The normalized spacial score (nSPS) is 30.8. The minimum atomic E-state index is -0.775. The Morgan fingerprint density at radius 2 is 2.00 bits per heavy atom. The maximum absolute atomic E-state index is 10.7. The molecule has 0 heterocycles. The molecule has 0 aromatic carbocycles. The summed E-state index contributed by atoms with van der Waals surface area (Å²) >= 11 is 0. The van der Waals surface area contributed by atoms with Crippen LogP contribution < -0.4 is 11.5 Å². The van der Waals surface area contributed by atoms with Crippen molar-refractivity contribution in [2.24, 2.45) is 28.7 Å². The zero-order valence-electron chi connectivity index (χ0n) is 7.24. The summed E-state index contributed by atoms with van der Waals surface area (Å²) in [7, 11) is 0. The first-order chi connectivity index (χ1) is 5.37. The quantitative estimate of drug-likeness (QED) is 0.548. The van der Waals surface area contributed by atoms with Gasteiger partial charge in [-0.1, -0.05) is 13.8 Å². The Hall–Kier alpha value is -1.19. The van der Waals surface area contributed by atoms with Crippen molar-refractivity contribution in [1.29, 1.82) is 0 Å². The number of nitrogens with two attached hydrogens (primary N) is 2. The number of allylic oxidation sites excluding steroid dienone is 1. The van der Waals surface area contributed by atoms with E-state index in [1.54, 1.807) is 6.08 Å². The van der Waals surface area contributed by atoms with Gasteiger partial charge in [0.05, 0.1) is 11.7 Å². The molecule has 68 valence electrons. The van der Waals surface area contributed by atoms with Gasteiger partial charge in [-0.05, 0) is 11.5 Å². The number of carboxylic acid groups (broad SMARTS) is 1. The van der Waals surface area contributed by atoms with E-state index in [2.05, 4.69) is 0 Å². The second-order valence-electron chi connectivity index (χ2n) is 3.83. The maximum Gasteiger partial charge on any atom is 0.307 e. The molecule has 0 amide bonds. The molecule has 1 rings (SSSR count). The zero-order chi connectivity index (χ0) is 9.52. The van der Waals surface area contributed by atoms with Crippen LogP contribution in [0.4, 0.5) is 0 Å². The first-order valence-electron chi connectivity index (χ1n) is 3.83. The first-order valence-corrected chi connectivity index (χ1v) is 3.83. The molecule has 0 unspecified atom stereocenters. The largest absolute Gasteiger partial charge is 0.481 e. The van der Waals surface area contributed by atoms with E-state index in [1.165, 1.54) is 0 Å². The molecule has 12 heavy (non-hydrogen) atoms. The standard InChI is InChI=1S/C8H14N2O2/c1-8(2)4(3-5(9)10)6(8)7(11)12/h3-4,6H,9-10H2,1-2H3,(H,11,12)/t4-,6+/m0/s1. The fourth-order valence-corrected chi connectivity index (χ4v) is 1.67. The van der Waals surface area contributed by atoms with Gasteiger partial charge >= 0.3 is 5.97 Å². The maximum atomic E-state index is 10.7. The average molecular weight is 170 g/mol. The van der Waals surface area contributed by atoms with Gasteiger partial charge < -0.3 is 16.6 Å². The Bertz CT molecular complexity index is 241. The van der Waals surface area contributed by atoms with Gasteiger partial charge in [-0.2, -0.15) is 0 Å². The van der Waals surface area contributed by atoms with Gasteiger partial charge in [0.1, 0.15) is 0 Å². The Morgan fingerprint density at radius 3 is 2.25 bits per heavy atom. The molecule has 0 aromatic heterocycles. The molecule has 1 saturated carbocycles. The molecule has 0 spiro atoms. The Labute approximate surface area is 71.2 Å². The van der Waals surface area contributed by atoms with Crippen molar-refractivity contribution in [3.63, 3.8) is 0 Å². The molecular formula is C8H14N2O2. The van der Waals surface area contributed by atoms with E-state index in [-0.39, 0.29) is 23.1 Å². The second-order valence-corrected chi connectivity index (χ2v) is 3.83. The monoisotopic (exact) mass is 170 g/mol. The van der Waals surface area contributed by atoms with E-state index in [9.17, 15) is 4.79 Å². The summed E-state index contributed by atoms with van der Waals surface area (Å²) in [6.07, 6.45) is 1.62. The third-order valence-electron chi connectivity index (χ3n) is 2.55. The highest BCUT2D eigenvalue weighted by molar-refractivity contribution is 5.76. The fourth-order valence-electron chi connectivity index (χ4n) is 1.67. The second kappa shape index (κ2) is 2.40. The van der Waals surface area contributed by atoms with Crippen molar-refractivity contribution < 1.29 is 9.90 Å². The highest BCUT2D eigenvalue weighted by atomic mass is 16.4. The lowest BCUT2D eigenvalue weighted by molar-refractivity contribution is -0.139. The first kappa shape index (κ1) is 8.90. The van der Waals surface area contributed by atoms with Crippen LogP contribution >= 0.6 is 0 Å². The summed E-state index contributed by atoms with van der Waals surface area (Å²) in [5, 5.41) is 8.76. The molecule has 0 aliphatic heterocycles. The number of aliphatic carboxylic acids is 1. The van der Waals surface area contributed by atoms with Crippen molar-refractivity contribution in [3.05, 3.63) is 11.9 Å². The lowest BCUT2D eigenvalue weighted by Gasteiger charge is -1.96. The van der Waals surface area contributed by atoms with Crippen molar-refractivity contribution >= 4 is 5.97 Å². The zero-order valence-corrected chi connectivity index (χ0v) is 7.24. The van der Waals surface area contributed by atoms with E-state index in [0.717, 1.165) is 0 Å². The summed E-state index contributed by atoms with van der Waals surface area (Å²) in [6.45, 7) is 3.80. The number of hydrogen-bond acceptors (Lipinski definition) is 3. The van der Waals surface area contributed by atoms with Crippen LogP contribution in [0, 0.1) is 17.3 Å². The van der Waals surface area contributed by atoms with Crippen LogP contribution in [0.3, 0.4) is 0 Å². The summed E-state index contributed by atoms with van der Waals surface area (Å²) in [5.74, 6) is -0.918. The fraction of sp³-hybridized carbons (Fsp3) is 0.625. The minimum absolute atomic E-state index is 0.0139. The highest BCUT2D eigenvalue weighted by Crippen LogP contribution is 2.59. The molecule has 0 saturated heterocycles. The third-order valence-corrected chi connectivity index (χ3v) is 2.55. The molecule has 4 heteroatoms. The average Bonchev–Trinajstić information content (AvgIpc) is 2.32. The highest BCUT2D eigenvalue weighted by Gasteiger charge is 2.60. The lowest BCUT2D eigenvalue weighted by atomic mass is 10.1. The van der Waals surface area contributed by atoms with Crippen LogP contribution in [0.1, 0.15) is 13.8 Å². The van der Waals surface area contributed by atoms with Crippen LogP contribution in [0.2, 0.25) is 0 Å². The molecule has 2 atom stereocenters. The number of carboxylic acids is 1. The molecule has 0 bridgehead atoms. The van der Waals surface area contributed by atoms with Crippen LogP contribution in [-0.2, 0) is 4.79 Å². The SMILES string of the molecule is CC1(C)[C@@H](C=C(N)N)[C@@H]1C(=O)O. The Morgan fingerprint density at radius 1 is 1.50 bits per heavy atom. The van der Waals surface area contributed by atoms with Gasteiger partial charge in [0.25, 0.3) is 0 Å². The molecule has 4 nitrogen and oxygen atoms in total. The van der Waals surface area contributed by atoms with E-state index < -0.39 is 5.97 Å². The Kier molecular flexibility index (Phi) is 1.78. The number of hydrogen-bond donors (Lipinski definition) is 3. The van der Waals surface area contributed by atoms with E-state index in [4.69, 9.17) is 16.6 Å². The number of rotatable bonds is 2. The topological polar surface area (TPSA) is 89.3 Å². The summed E-state index contributed by atoms with van der Waals surface area (Å²) < 4.78 is 0. The van der Waals surface area contributed by atoms with Crippen LogP contribution in [0.5, 0.6) is 0 Å². The lowest BCUT2D eigenvalue weighted by Crippen LogP contribution is -2.08. The van der Waals surface area contributed by atoms with Gasteiger partial charge in [-0.25, -0.2) is 0 Å². The summed E-state index contributed by atoms with van der Waals surface area (Å²) in [5.41, 5.74) is 10.3. The van der Waals surface area contributed by atoms with Crippen molar-refractivity contribution in [2.75, 3.05) is 0 Å². The van der Waals surface area contributed by atoms with Crippen molar-refractivity contribution in [1.82, 2.24) is 0 Å². The predicted octanol–water partition coefficient (Wildman–Crippen LogP) is 0.102. The van der Waals surface area contributed by atoms with E-state index in [0.29, 0.717) is 0 Å². The smallest absolute Gasteiger partial charge is 0.307 e.